The van der Waals surface area contributed by atoms with E-state index in [2.05, 4.69) is 15.4 Å². The predicted molar refractivity (Wildman–Crippen MR) is 112 cm³/mol. The van der Waals surface area contributed by atoms with E-state index in [1.165, 1.54) is 23.9 Å². The number of fused-ring (bicyclic) bond motifs is 1. The molecule has 0 aliphatic heterocycles. The van der Waals surface area contributed by atoms with Crippen molar-refractivity contribution in [3.05, 3.63) is 89.0 Å². The lowest BCUT2D eigenvalue weighted by Gasteiger charge is -2.10. The van der Waals surface area contributed by atoms with Gasteiger partial charge >= 0.3 is 6.18 Å². The minimum absolute atomic E-state index is 0.0503. The van der Waals surface area contributed by atoms with Gasteiger partial charge in [0.15, 0.2) is 5.69 Å². The zero-order chi connectivity index (χ0) is 22.9. The first-order valence-corrected chi connectivity index (χ1v) is 9.55. The molecule has 1 N–H and O–H groups in total. The van der Waals surface area contributed by atoms with Gasteiger partial charge in [-0.05, 0) is 42.1 Å². The second-order valence-electron chi connectivity index (χ2n) is 7.13. The molecular formula is C23H16F3N5O. The zero-order valence-electron chi connectivity index (χ0n) is 16.8. The van der Waals surface area contributed by atoms with Crippen LogP contribution in [0, 0.1) is 18.3 Å². The number of nitriles is 1. The van der Waals surface area contributed by atoms with E-state index in [1.54, 1.807) is 48.7 Å². The van der Waals surface area contributed by atoms with Crippen molar-refractivity contribution in [3.63, 3.8) is 0 Å². The van der Waals surface area contributed by atoms with Crippen LogP contribution in [0.1, 0.15) is 32.9 Å². The van der Waals surface area contributed by atoms with Gasteiger partial charge in [-0.1, -0.05) is 24.3 Å². The molecule has 1 amide bonds. The van der Waals surface area contributed by atoms with Crippen molar-refractivity contribution in [2.45, 2.75) is 19.6 Å². The SMILES string of the molecule is Cc1c(NC(=O)c2cccc3ccncc23)c(C(F)(F)F)nn1Cc1ccc(C#N)cc1. The van der Waals surface area contributed by atoms with E-state index in [0.29, 0.717) is 16.5 Å². The number of hydrogen-bond acceptors (Lipinski definition) is 4. The highest BCUT2D eigenvalue weighted by Gasteiger charge is 2.39. The number of aromatic nitrogens is 3. The van der Waals surface area contributed by atoms with E-state index in [4.69, 9.17) is 5.26 Å². The number of nitrogens with zero attached hydrogens (tertiary/aromatic N) is 4. The highest BCUT2D eigenvalue weighted by molar-refractivity contribution is 6.13. The Balaban J connectivity index is 1.71. The summed E-state index contributed by atoms with van der Waals surface area (Å²) < 4.78 is 42.3. The number of anilines is 1. The number of hydrogen-bond donors (Lipinski definition) is 1. The minimum atomic E-state index is -4.76. The van der Waals surface area contributed by atoms with Gasteiger partial charge in [-0.3, -0.25) is 14.5 Å². The average molecular weight is 435 g/mol. The molecule has 9 heteroatoms. The van der Waals surface area contributed by atoms with Crippen molar-refractivity contribution in [2.24, 2.45) is 0 Å². The number of nitrogens with one attached hydrogen (secondary N) is 1. The lowest BCUT2D eigenvalue weighted by molar-refractivity contribution is -0.140. The van der Waals surface area contributed by atoms with Crippen LogP contribution in [-0.4, -0.2) is 20.7 Å². The van der Waals surface area contributed by atoms with Crippen molar-refractivity contribution in [1.82, 2.24) is 14.8 Å². The van der Waals surface area contributed by atoms with Crippen LogP contribution in [0.4, 0.5) is 18.9 Å². The van der Waals surface area contributed by atoms with E-state index in [-0.39, 0.29) is 17.8 Å². The smallest absolute Gasteiger partial charge is 0.319 e. The van der Waals surface area contributed by atoms with Crippen LogP contribution in [0.3, 0.4) is 0 Å². The van der Waals surface area contributed by atoms with Crippen LogP contribution in [-0.2, 0) is 12.7 Å². The number of carbonyl (C=O) groups excluding carboxylic acids is 1. The fraction of sp³-hybridized carbons (Fsp3) is 0.130. The molecule has 0 spiro atoms. The van der Waals surface area contributed by atoms with Crippen molar-refractivity contribution in [2.75, 3.05) is 5.32 Å². The molecule has 0 aliphatic carbocycles. The van der Waals surface area contributed by atoms with E-state index < -0.39 is 23.5 Å². The van der Waals surface area contributed by atoms with E-state index in [9.17, 15) is 18.0 Å². The molecule has 32 heavy (non-hydrogen) atoms. The molecule has 2 aromatic heterocycles. The molecule has 0 fully saturated rings. The molecule has 0 saturated carbocycles. The Morgan fingerprint density at radius 1 is 1.16 bits per heavy atom. The fourth-order valence-electron chi connectivity index (χ4n) is 3.40. The van der Waals surface area contributed by atoms with Crippen LogP contribution in [0.15, 0.2) is 60.9 Å². The van der Waals surface area contributed by atoms with Gasteiger partial charge in [0.1, 0.15) is 0 Å². The number of benzene rings is 2. The molecule has 0 radical (unpaired) electrons. The highest BCUT2D eigenvalue weighted by Crippen LogP contribution is 2.36. The molecular weight excluding hydrogens is 419 g/mol. The molecule has 4 rings (SSSR count). The van der Waals surface area contributed by atoms with Gasteiger partial charge in [-0.25, -0.2) is 0 Å². The number of rotatable bonds is 4. The number of carbonyl (C=O) groups is 1. The fourth-order valence-corrected chi connectivity index (χ4v) is 3.40. The molecule has 160 valence electrons. The van der Waals surface area contributed by atoms with Crippen molar-refractivity contribution < 1.29 is 18.0 Å². The first-order chi connectivity index (χ1) is 15.3. The third-order valence-electron chi connectivity index (χ3n) is 5.06. The van der Waals surface area contributed by atoms with Crippen LogP contribution < -0.4 is 5.32 Å². The van der Waals surface area contributed by atoms with Gasteiger partial charge in [0.25, 0.3) is 5.91 Å². The Kier molecular flexibility index (Phi) is 5.36. The molecule has 0 aliphatic rings. The monoisotopic (exact) mass is 435 g/mol. The number of alkyl halides is 3. The van der Waals surface area contributed by atoms with Crippen LogP contribution in [0.2, 0.25) is 0 Å². The standard InChI is InChI=1S/C23H16F3N5O/c1-14-20(29-22(32)18-4-2-3-17-9-10-28-12-19(17)18)21(23(24,25)26)30-31(14)13-16-7-5-15(11-27)6-8-16/h2-10,12H,13H2,1H3,(H,29,32). The Bertz CT molecular complexity index is 1350. The molecule has 2 aromatic carbocycles. The summed E-state index contributed by atoms with van der Waals surface area (Å²) in [4.78, 5) is 16.9. The summed E-state index contributed by atoms with van der Waals surface area (Å²) in [5.41, 5.74) is -0.0791. The van der Waals surface area contributed by atoms with Gasteiger partial charge in [0, 0.05) is 23.3 Å². The van der Waals surface area contributed by atoms with Crippen molar-refractivity contribution >= 4 is 22.4 Å². The molecule has 0 bridgehead atoms. The van der Waals surface area contributed by atoms with Gasteiger partial charge < -0.3 is 5.32 Å². The normalized spacial score (nSPS) is 11.3. The summed E-state index contributed by atoms with van der Waals surface area (Å²) in [5.74, 6) is -0.685. The molecule has 6 nitrogen and oxygen atoms in total. The maximum absolute atomic E-state index is 13.7. The molecule has 0 unspecified atom stereocenters. The number of amides is 1. The summed E-state index contributed by atoms with van der Waals surface area (Å²) in [7, 11) is 0. The number of pyridine rings is 1. The highest BCUT2D eigenvalue weighted by atomic mass is 19.4. The van der Waals surface area contributed by atoms with E-state index in [1.807, 2.05) is 6.07 Å². The van der Waals surface area contributed by atoms with Gasteiger partial charge in [0.05, 0.1) is 29.6 Å². The molecule has 0 saturated heterocycles. The Morgan fingerprint density at radius 3 is 2.59 bits per heavy atom. The number of halogens is 3. The first-order valence-electron chi connectivity index (χ1n) is 9.55. The van der Waals surface area contributed by atoms with E-state index in [0.717, 1.165) is 5.39 Å². The Hall–Kier alpha value is -4.19. The van der Waals surface area contributed by atoms with Crippen molar-refractivity contribution in [3.8, 4) is 6.07 Å². The third kappa shape index (κ3) is 4.03. The summed E-state index contributed by atoms with van der Waals surface area (Å²) in [5, 5.41) is 16.3. The predicted octanol–water partition coefficient (Wildman–Crippen LogP) is 4.93. The summed E-state index contributed by atoms with van der Waals surface area (Å²) >= 11 is 0. The molecule has 0 atom stereocenters. The van der Waals surface area contributed by atoms with E-state index >= 15 is 0 Å². The zero-order valence-corrected chi connectivity index (χ0v) is 16.8. The Morgan fingerprint density at radius 2 is 1.91 bits per heavy atom. The lowest BCUT2D eigenvalue weighted by Crippen LogP contribution is -2.17. The van der Waals surface area contributed by atoms with Crippen LogP contribution in [0.5, 0.6) is 0 Å². The van der Waals surface area contributed by atoms with Crippen molar-refractivity contribution in [1.29, 1.82) is 5.26 Å². The third-order valence-corrected chi connectivity index (χ3v) is 5.06. The largest absolute Gasteiger partial charge is 0.437 e. The average Bonchev–Trinajstić information content (AvgIpc) is 3.09. The summed E-state index contributed by atoms with van der Waals surface area (Å²) in [6, 6.07) is 15.1. The molecule has 2 heterocycles. The molecule has 4 aromatic rings. The topological polar surface area (TPSA) is 83.6 Å². The second kappa shape index (κ2) is 8.15. The minimum Gasteiger partial charge on any atom is -0.319 e. The van der Waals surface area contributed by atoms with Gasteiger partial charge in [-0.2, -0.15) is 23.5 Å². The maximum atomic E-state index is 13.7. The first kappa shape index (κ1) is 21.1. The van der Waals surface area contributed by atoms with Gasteiger partial charge in [-0.15, -0.1) is 0 Å². The lowest BCUT2D eigenvalue weighted by atomic mass is 10.1. The Labute approximate surface area is 180 Å². The van der Waals surface area contributed by atoms with Crippen LogP contribution in [0.25, 0.3) is 10.8 Å². The second-order valence-corrected chi connectivity index (χ2v) is 7.13. The summed E-state index contributed by atoms with van der Waals surface area (Å²) in [6.07, 6.45) is -1.69. The quantitative estimate of drug-likeness (QED) is 0.493. The summed E-state index contributed by atoms with van der Waals surface area (Å²) in [6.45, 7) is 1.51. The van der Waals surface area contributed by atoms with Gasteiger partial charge in [0.2, 0.25) is 0 Å². The maximum Gasteiger partial charge on any atom is 0.437 e. The van der Waals surface area contributed by atoms with Crippen LogP contribution >= 0.6 is 0 Å².